The summed E-state index contributed by atoms with van der Waals surface area (Å²) in [5.41, 5.74) is 7.00. The molecule has 0 aromatic carbocycles. The van der Waals surface area contributed by atoms with Crippen molar-refractivity contribution in [3.05, 3.63) is 15.6 Å². The van der Waals surface area contributed by atoms with E-state index in [1.165, 1.54) is 42.0 Å². The van der Waals surface area contributed by atoms with Gasteiger partial charge >= 0.3 is 0 Å². The van der Waals surface area contributed by atoms with Crippen LogP contribution in [0.4, 0.5) is 0 Å². The fourth-order valence-corrected chi connectivity index (χ4v) is 3.02. The molecule has 6 heteroatoms. The molecule has 0 atom stereocenters. The van der Waals surface area contributed by atoms with Gasteiger partial charge in [-0.05, 0) is 20.3 Å². The van der Waals surface area contributed by atoms with Crippen LogP contribution in [0, 0.1) is 13.8 Å². The van der Waals surface area contributed by atoms with Crippen LogP contribution >= 0.6 is 35.3 Å². The second kappa shape index (κ2) is 13.1. The third-order valence-electron chi connectivity index (χ3n) is 3.51. The molecule has 22 heavy (non-hydrogen) atoms. The van der Waals surface area contributed by atoms with Gasteiger partial charge in [0.25, 0.3) is 0 Å². The zero-order valence-corrected chi connectivity index (χ0v) is 17.3. The molecule has 3 N–H and O–H groups in total. The highest BCUT2D eigenvalue weighted by Gasteiger charge is 2.03. The number of unbranched alkanes of at least 4 members (excludes halogenated alkanes) is 5. The largest absolute Gasteiger partial charge is 0.370 e. The molecule has 1 aromatic heterocycles. The van der Waals surface area contributed by atoms with Crippen molar-refractivity contribution in [2.75, 3.05) is 13.1 Å². The van der Waals surface area contributed by atoms with E-state index in [1.54, 1.807) is 11.3 Å². The van der Waals surface area contributed by atoms with Crippen molar-refractivity contribution in [2.45, 2.75) is 65.7 Å². The standard InChI is InChI=1S/C16H30N4S.HI/c1-4-5-6-7-8-9-11-18-16(17)19-12-10-15-20-13(2)14(3)21-15;/h4-12H2,1-3H3,(H3,17,18,19);1H. The first kappa shape index (κ1) is 21.6. The first-order valence-corrected chi connectivity index (χ1v) is 8.91. The molecular weight excluding hydrogens is 407 g/mol. The Morgan fingerprint density at radius 3 is 2.50 bits per heavy atom. The van der Waals surface area contributed by atoms with E-state index in [4.69, 9.17) is 5.73 Å². The average Bonchev–Trinajstić information content (AvgIpc) is 2.76. The molecule has 0 radical (unpaired) electrons. The highest BCUT2D eigenvalue weighted by molar-refractivity contribution is 14.0. The van der Waals surface area contributed by atoms with Gasteiger partial charge in [0, 0.05) is 24.4 Å². The Morgan fingerprint density at radius 1 is 1.18 bits per heavy atom. The minimum Gasteiger partial charge on any atom is -0.370 e. The van der Waals surface area contributed by atoms with Crippen molar-refractivity contribution in [3.63, 3.8) is 0 Å². The topological polar surface area (TPSA) is 63.3 Å². The number of rotatable bonds is 10. The van der Waals surface area contributed by atoms with Crippen molar-refractivity contribution in [2.24, 2.45) is 10.7 Å². The number of aryl methyl sites for hydroxylation is 2. The number of aromatic nitrogens is 1. The van der Waals surface area contributed by atoms with E-state index in [1.807, 2.05) is 0 Å². The molecule has 1 heterocycles. The van der Waals surface area contributed by atoms with Gasteiger partial charge in [-0.3, -0.25) is 4.99 Å². The quantitative estimate of drug-likeness (QED) is 0.249. The number of nitrogens with zero attached hydrogens (tertiary/aromatic N) is 2. The molecule has 0 aliphatic carbocycles. The Hall–Kier alpha value is -0.370. The number of nitrogens with one attached hydrogen (secondary N) is 1. The summed E-state index contributed by atoms with van der Waals surface area (Å²) in [4.78, 5) is 10.2. The third kappa shape index (κ3) is 9.61. The first-order valence-electron chi connectivity index (χ1n) is 8.10. The fraction of sp³-hybridized carbons (Fsp3) is 0.750. The molecule has 0 saturated carbocycles. The zero-order chi connectivity index (χ0) is 15.5. The zero-order valence-electron chi connectivity index (χ0n) is 14.2. The van der Waals surface area contributed by atoms with Crippen LogP contribution in [0.3, 0.4) is 0 Å². The summed E-state index contributed by atoms with van der Waals surface area (Å²) in [6.45, 7) is 8.04. The second-order valence-corrected chi connectivity index (χ2v) is 6.75. The van der Waals surface area contributed by atoms with Crippen LogP contribution < -0.4 is 11.1 Å². The molecule has 0 bridgehead atoms. The lowest BCUT2D eigenvalue weighted by Gasteiger charge is -2.04. The molecule has 1 rings (SSSR count). The summed E-state index contributed by atoms with van der Waals surface area (Å²) in [6.07, 6.45) is 8.62. The first-order chi connectivity index (χ1) is 10.1. The highest BCUT2D eigenvalue weighted by atomic mass is 127. The Kier molecular flexibility index (Phi) is 12.9. The highest BCUT2D eigenvalue weighted by Crippen LogP contribution is 2.16. The maximum atomic E-state index is 5.86. The van der Waals surface area contributed by atoms with Gasteiger partial charge in [-0.2, -0.15) is 0 Å². The SMILES string of the molecule is CCCCCCCCN=C(N)NCCc1nc(C)c(C)s1.I. The number of hydrogen-bond acceptors (Lipinski definition) is 3. The Balaban J connectivity index is 0.00000441. The Bertz CT molecular complexity index is 412. The van der Waals surface area contributed by atoms with Gasteiger partial charge in [-0.15, -0.1) is 35.3 Å². The van der Waals surface area contributed by atoms with Gasteiger partial charge in [0.2, 0.25) is 0 Å². The van der Waals surface area contributed by atoms with Gasteiger partial charge in [0.05, 0.1) is 10.7 Å². The fourth-order valence-electron chi connectivity index (χ4n) is 2.09. The van der Waals surface area contributed by atoms with Crippen LogP contribution in [0.2, 0.25) is 0 Å². The molecule has 0 aliphatic rings. The summed E-state index contributed by atoms with van der Waals surface area (Å²) in [5.74, 6) is 0.563. The van der Waals surface area contributed by atoms with E-state index in [-0.39, 0.29) is 24.0 Å². The van der Waals surface area contributed by atoms with Crippen LogP contribution in [0.25, 0.3) is 0 Å². The molecule has 0 amide bonds. The van der Waals surface area contributed by atoms with Crippen LogP contribution in [0.15, 0.2) is 4.99 Å². The molecule has 128 valence electrons. The van der Waals surface area contributed by atoms with Crippen LogP contribution in [-0.4, -0.2) is 24.0 Å². The number of nitrogens with two attached hydrogens (primary N) is 1. The van der Waals surface area contributed by atoms with Crippen molar-refractivity contribution in [1.82, 2.24) is 10.3 Å². The Labute approximate surface area is 156 Å². The normalized spacial score (nSPS) is 11.3. The monoisotopic (exact) mass is 438 g/mol. The number of thiazole rings is 1. The van der Waals surface area contributed by atoms with Crippen molar-refractivity contribution in [1.29, 1.82) is 0 Å². The van der Waals surface area contributed by atoms with Crippen molar-refractivity contribution >= 4 is 41.3 Å². The van der Waals surface area contributed by atoms with Gasteiger partial charge in [0.15, 0.2) is 5.96 Å². The van der Waals surface area contributed by atoms with E-state index < -0.39 is 0 Å². The van der Waals surface area contributed by atoms with Gasteiger partial charge in [-0.25, -0.2) is 4.98 Å². The molecule has 0 unspecified atom stereocenters. The van der Waals surface area contributed by atoms with Crippen LogP contribution in [0.5, 0.6) is 0 Å². The van der Waals surface area contributed by atoms with E-state index in [0.29, 0.717) is 5.96 Å². The predicted molar refractivity (Wildman–Crippen MR) is 109 cm³/mol. The van der Waals surface area contributed by atoms with E-state index in [0.717, 1.165) is 31.6 Å². The average molecular weight is 438 g/mol. The van der Waals surface area contributed by atoms with Crippen molar-refractivity contribution < 1.29 is 0 Å². The third-order valence-corrected chi connectivity index (χ3v) is 4.64. The molecular formula is C16H31IN4S. The molecule has 1 aromatic rings. The van der Waals surface area contributed by atoms with Gasteiger partial charge in [-0.1, -0.05) is 39.0 Å². The lowest BCUT2D eigenvalue weighted by Crippen LogP contribution is -2.33. The summed E-state index contributed by atoms with van der Waals surface area (Å²) in [7, 11) is 0. The van der Waals surface area contributed by atoms with E-state index >= 15 is 0 Å². The minimum absolute atomic E-state index is 0. The summed E-state index contributed by atoms with van der Waals surface area (Å²) < 4.78 is 0. The molecule has 0 aliphatic heterocycles. The molecule has 0 saturated heterocycles. The summed E-state index contributed by atoms with van der Waals surface area (Å²) in [6, 6.07) is 0. The van der Waals surface area contributed by atoms with Crippen molar-refractivity contribution in [3.8, 4) is 0 Å². The van der Waals surface area contributed by atoms with E-state index in [2.05, 4.69) is 36.1 Å². The molecule has 0 fully saturated rings. The number of guanidine groups is 1. The lowest BCUT2D eigenvalue weighted by atomic mass is 10.1. The molecule has 4 nitrogen and oxygen atoms in total. The number of hydrogen-bond donors (Lipinski definition) is 2. The maximum Gasteiger partial charge on any atom is 0.188 e. The summed E-state index contributed by atoms with van der Waals surface area (Å²) in [5, 5.41) is 4.33. The predicted octanol–water partition coefficient (Wildman–Crippen LogP) is 4.19. The van der Waals surface area contributed by atoms with Gasteiger partial charge in [0.1, 0.15) is 0 Å². The number of halogens is 1. The smallest absolute Gasteiger partial charge is 0.188 e. The molecule has 0 spiro atoms. The Morgan fingerprint density at radius 2 is 1.86 bits per heavy atom. The lowest BCUT2D eigenvalue weighted by molar-refractivity contribution is 0.611. The maximum absolute atomic E-state index is 5.86. The van der Waals surface area contributed by atoms with Crippen LogP contribution in [0.1, 0.15) is 61.0 Å². The van der Waals surface area contributed by atoms with Gasteiger partial charge < -0.3 is 11.1 Å². The minimum atomic E-state index is 0. The van der Waals surface area contributed by atoms with Crippen LogP contribution in [-0.2, 0) is 6.42 Å². The second-order valence-electron chi connectivity index (χ2n) is 5.46. The number of aliphatic imine (C=N–C) groups is 1. The van der Waals surface area contributed by atoms with E-state index in [9.17, 15) is 0 Å². The summed E-state index contributed by atoms with van der Waals surface area (Å²) >= 11 is 1.77.